The van der Waals surface area contributed by atoms with Crippen molar-refractivity contribution >= 4 is 51.6 Å². The highest BCUT2D eigenvalue weighted by Crippen LogP contribution is 2.32. The van der Waals surface area contributed by atoms with Crippen molar-refractivity contribution in [2.24, 2.45) is 5.73 Å². The highest BCUT2D eigenvalue weighted by molar-refractivity contribution is 8.01. The van der Waals surface area contributed by atoms with Crippen LogP contribution in [0.15, 0.2) is 28.5 Å². The summed E-state index contributed by atoms with van der Waals surface area (Å²) in [6, 6.07) is 6.99. The number of aromatic nitrogens is 1. The van der Waals surface area contributed by atoms with Crippen LogP contribution >= 0.6 is 23.1 Å². The van der Waals surface area contributed by atoms with Gasteiger partial charge in [-0.05, 0) is 31.5 Å². The molecule has 0 unspecified atom stereocenters. The average molecular weight is 390 g/mol. The molecule has 1 aromatic carbocycles. The van der Waals surface area contributed by atoms with E-state index in [0.29, 0.717) is 23.7 Å². The Labute approximate surface area is 159 Å². The predicted molar refractivity (Wildman–Crippen MR) is 103 cm³/mol. The second kappa shape index (κ2) is 7.88. The lowest BCUT2D eigenvalue weighted by molar-refractivity contribution is -0.117. The number of thioether (sulfide) groups is 1. The summed E-state index contributed by atoms with van der Waals surface area (Å²) in [6.45, 7) is 2.49. The Bertz CT molecular complexity index is 865. The standard InChI is InChI=1S/C17H18N4O3S2/c1-10-16(25-9-13(18)22)26-17(19-10)20-15(24)11-4-2-5-12(8-11)21-7-3-6-14(21)23/h2,4-5,8H,3,6-7,9H2,1H3,(H2,18,22)(H,19,20,24). The third-order valence-corrected chi connectivity index (χ3v) is 6.27. The van der Waals surface area contributed by atoms with Crippen LogP contribution in [0.4, 0.5) is 10.8 Å². The minimum Gasteiger partial charge on any atom is -0.369 e. The Morgan fingerprint density at radius 1 is 1.42 bits per heavy atom. The molecule has 26 heavy (non-hydrogen) atoms. The van der Waals surface area contributed by atoms with Crippen molar-refractivity contribution in [1.29, 1.82) is 0 Å². The third kappa shape index (κ3) is 4.23. The van der Waals surface area contributed by atoms with Gasteiger partial charge in [-0.25, -0.2) is 4.98 Å². The first-order valence-corrected chi connectivity index (χ1v) is 9.84. The molecule has 1 aromatic heterocycles. The van der Waals surface area contributed by atoms with Gasteiger partial charge in [0.1, 0.15) is 0 Å². The summed E-state index contributed by atoms with van der Waals surface area (Å²) in [4.78, 5) is 41.3. The molecule has 3 rings (SSSR count). The molecule has 0 bridgehead atoms. The molecule has 2 heterocycles. The quantitative estimate of drug-likeness (QED) is 0.737. The number of hydrogen-bond donors (Lipinski definition) is 2. The van der Waals surface area contributed by atoms with Crippen LogP contribution in [-0.4, -0.2) is 35.0 Å². The Morgan fingerprint density at radius 2 is 2.23 bits per heavy atom. The van der Waals surface area contributed by atoms with E-state index in [1.54, 1.807) is 23.1 Å². The maximum absolute atomic E-state index is 12.5. The highest BCUT2D eigenvalue weighted by atomic mass is 32.2. The number of benzene rings is 1. The number of rotatable bonds is 6. The molecule has 2 aromatic rings. The molecule has 0 spiro atoms. The zero-order valence-corrected chi connectivity index (χ0v) is 15.8. The molecule has 3 N–H and O–H groups in total. The monoisotopic (exact) mass is 390 g/mol. The molecule has 0 saturated carbocycles. The number of amides is 3. The van der Waals surface area contributed by atoms with Gasteiger partial charge in [0.15, 0.2) is 5.13 Å². The second-order valence-corrected chi connectivity index (χ2v) is 8.04. The zero-order chi connectivity index (χ0) is 18.7. The van der Waals surface area contributed by atoms with Crippen molar-refractivity contribution in [3.63, 3.8) is 0 Å². The van der Waals surface area contributed by atoms with Crippen LogP contribution in [0.25, 0.3) is 0 Å². The van der Waals surface area contributed by atoms with Gasteiger partial charge in [-0.15, -0.1) is 11.8 Å². The summed E-state index contributed by atoms with van der Waals surface area (Å²) in [6.07, 6.45) is 1.37. The summed E-state index contributed by atoms with van der Waals surface area (Å²) in [5, 5.41) is 3.23. The lowest BCUT2D eigenvalue weighted by Gasteiger charge is -2.16. The van der Waals surface area contributed by atoms with Crippen molar-refractivity contribution in [3.8, 4) is 0 Å². The van der Waals surface area contributed by atoms with E-state index in [-0.39, 0.29) is 17.6 Å². The van der Waals surface area contributed by atoms with Crippen LogP contribution in [0.1, 0.15) is 28.9 Å². The molecule has 0 atom stereocenters. The van der Waals surface area contributed by atoms with E-state index in [4.69, 9.17) is 5.73 Å². The summed E-state index contributed by atoms with van der Waals surface area (Å²) < 4.78 is 0.843. The SMILES string of the molecule is Cc1nc(NC(=O)c2cccc(N3CCCC3=O)c2)sc1SCC(N)=O. The number of primary amides is 1. The van der Waals surface area contributed by atoms with Crippen molar-refractivity contribution < 1.29 is 14.4 Å². The molecule has 1 aliphatic rings. The number of carbonyl (C=O) groups is 3. The zero-order valence-electron chi connectivity index (χ0n) is 14.2. The van der Waals surface area contributed by atoms with Crippen LogP contribution in [0, 0.1) is 6.92 Å². The minimum atomic E-state index is -0.401. The number of hydrogen-bond acceptors (Lipinski definition) is 6. The number of nitrogens with two attached hydrogens (primary N) is 1. The van der Waals surface area contributed by atoms with Gasteiger partial charge in [0.05, 0.1) is 15.7 Å². The van der Waals surface area contributed by atoms with Gasteiger partial charge >= 0.3 is 0 Å². The fourth-order valence-corrected chi connectivity index (χ4v) is 4.48. The predicted octanol–water partition coefficient (Wildman–Crippen LogP) is 2.41. The number of anilines is 2. The van der Waals surface area contributed by atoms with Gasteiger partial charge in [0, 0.05) is 24.2 Å². The van der Waals surface area contributed by atoms with Crippen LogP contribution < -0.4 is 16.0 Å². The van der Waals surface area contributed by atoms with E-state index < -0.39 is 5.91 Å². The summed E-state index contributed by atoms with van der Waals surface area (Å²) in [7, 11) is 0. The van der Waals surface area contributed by atoms with E-state index in [2.05, 4.69) is 10.3 Å². The van der Waals surface area contributed by atoms with Gasteiger partial charge in [-0.3, -0.25) is 19.7 Å². The van der Waals surface area contributed by atoms with Gasteiger partial charge < -0.3 is 10.6 Å². The topological polar surface area (TPSA) is 105 Å². The smallest absolute Gasteiger partial charge is 0.257 e. The third-order valence-electron chi connectivity index (χ3n) is 3.81. The normalized spacial score (nSPS) is 13.9. The van der Waals surface area contributed by atoms with Gasteiger partial charge in [-0.1, -0.05) is 17.4 Å². The Kier molecular flexibility index (Phi) is 5.58. The van der Waals surface area contributed by atoms with Gasteiger partial charge in [0.25, 0.3) is 5.91 Å². The maximum Gasteiger partial charge on any atom is 0.257 e. The Morgan fingerprint density at radius 3 is 2.92 bits per heavy atom. The lowest BCUT2D eigenvalue weighted by Crippen LogP contribution is -2.24. The minimum absolute atomic E-state index is 0.0780. The molecular formula is C17H18N4O3S2. The fourth-order valence-electron chi connectivity index (χ4n) is 2.61. The first-order chi connectivity index (χ1) is 12.4. The van der Waals surface area contributed by atoms with Crippen LogP contribution in [0.5, 0.6) is 0 Å². The van der Waals surface area contributed by atoms with Crippen molar-refractivity contribution in [3.05, 3.63) is 35.5 Å². The molecule has 0 aliphatic carbocycles. The number of carbonyl (C=O) groups excluding carboxylic acids is 3. The summed E-state index contributed by atoms with van der Waals surface area (Å²) in [5.74, 6) is -0.447. The first kappa shape index (κ1) is 18.4. The lowest BCUT2D eigenvalue weighted by atomic mass is 10.2. The largest absolute Gasteiger partial charge is 0.369 e. The number of nitrogens with one attached hydrogen (secondary N) is 1. The Balaban J connectivity index is 1.71. The van der Waals surface area contributed by atoms with E-state index in [1.165, 1.54) is 23.1 Å². The van der Waals surface area contributed by atoms with Crippen molar-refractivity contribution in [2.45, 2.75) is 24.0 Å². The fraction of sp³-hybridized carbons (Fsp3) is 0.294. The maximum atomic E-state index is 12.5. The molecule has 9 heteroatoms. The summed E-state index contributed by atoms with van der Waals surface area (Å²) in [5.41, 5.74) is 7.09. The number of aryl methyl sites for hydroxylation is 1. The average Bonchev–Trinajstić information content (AvgIpc) is 3.18. The van der Waals surface area contributed by atoms with Crippen LogP contribution in [0.3, 0.4) is 0 Å². The molecule has 136 valence electrons. The van der Waals surface area contributed by atoms with E-state index in [1.807, 2.05) is 13.0 Å². The summed E-state index contributed by atoms with van der Waals surface area (Å²) >= 11 is 2.61. The van der Waals surface area contributed by atoms with Crippen LogP contribution in [0.2, 0.25) is 0 Å². The molecule has 1 aliphatic heterocycles. The van der Waals surface area contributed by atoms with Crippen molar-refractivity contribution in [2.75, 3.05) is 22.5 Å². The van der Waals surface area contributed by atoms with Crippen molar-refractivity contribution in [1.82, 2.24) is 4.98 Å². The molecule has 1 saturated heterocycles. The van der Waals surface area contributed by atoms with Crippen LogP contribution in [-0.2, 0) is 9.59 Å². The molecule has 3 amide bonds. The molecule has 7 nitrogen and oxygen atoms in total. The van der Waals surface area contributed by atoms with Gasteiger partial charge in [0.2, 0.25) is 11.8 Å². The van der Waals surface area contributed by atoms with E-state index in [0.717, 1.165) is 22.0 Å². The molecule has 0 radical (unpaired) electrons. The van der Waals surface area contributed by atoms with E-state index in [9.17, 15) is 14.4 Å². The Hall–Kier alpha value is -2.39. The molecular weight excluding hydrogens is 372 g/mol. The van der Waals surface area contributed by atoms with E-state index >= 15 is 0 Å². The van der Waals surface area contributed by atoms with Gasteiger partial charge in [-0.2, -0.15) is 0 Å². The molecule has 1 fully saturated rings. The highest BCUT2D eigenvalue weighted by Gasteiger charge is 2.22. The second-order valence-electron chi connectivity index (χ2n) is 5.80. The first-order valence-electron chi connectivity index (χ1n) is 8.04. The number of nitrogens with zero attached hydrogens (tertiary/aromatic N) is 2. The number of thiazole rings is 1.